The third-order valence-corrected chi connectivity index (χ3v) is 3.86. The number of nitrogens with two attached hydrogens (primary N) is 1. The molecule has 2 N–H and O–H groups in total. The Morgan fingerprint density at radius 3 is 2.60 bits per heavy atom. The van der Waals surface area contributed by atoms with E-state index in [0.717, 1.165) is 16.1 Å². The van der Waals surface area contributed by atoms with Crippen LogP contribution in [0.1, 0.15) is 24.1 Å². The Labute approximate surface area is 124 Å². The third-order valence-electron chi connectivity index (χ3n) is 3.51. The lowest BCUT2D eigenvalue weighted by molar-refractivity contribution is 0.253. The van der Waals surface area contributed by atoms with Gasteiger partial charge in [-0.1, -0.05) is 35.9 Å². The predicted molar refractivity (Wildman–Crippen MR) is 82.1 cm³/mol. The summed E-state index contributed by atoms with van der Waals surface area (Å²) in [4.78, 5) is 2.12. The van der Waals surface area contributed by atoms with Crippen LogP contribution in [0.2, 0.25) is 5.02 Å². The van der Waals surface area contributed by atoms with Crippen LogP contribution in [0.5, 0.6) is 0 Å². The SMILES string of the molecule is CC(c1ccccc1Cl)N(C)Cc1ccc(N)c(F)c1. The molecule has 2 aromatic rings. The summed E-state index contributed by atoms with van der Waals surface area (Å²) in [5.74, 6) is -0.374. The molecule has 0 fully saturated rings. The monoisotopic (exact) mass is 292 g/mol. The minimum Gasteiger partial charge on any atom is -0.396 e. The lowest BCUT2D eigenvalue weighted by Gasteiger charge is -2.26. The molecule has 0 radical (unpaired) electrons. The van der Waals surface area contributed by atoms with E-state index in [1.807, 2.05) is 37.4 Å². The molecular formula is C16H18ClFN2. The van der Waals surface area contributed by atoms with Crippen molar-refractivity contribution in [2.75, 3.05) is 12.8 Å². The zero-order chi connectivity index (χ0) is 14.7. The molecule has 0 aliphatic rings. The molecule has 1 unspecified atom stereocenters. The van der Waals surface area contributed by atoms with E-state index in [-0.39, 0.29) is 17.5 Å². The second-order valence-corrected chi connectivity index (χ2v) is 5.38. The summed E-state index contributed by atoms with van der Waals surface area (Å²) >= 11 is 6.21. The van der Waals surface area contributed by atoms with Crippen molar-refractivity contribution in [1.82, 2.24) is 4.90 Å². The van der Waals surface area contributed by atoms with Gasteiger partial charge in [0.2, 0.25) is 0 Å². The van der Waals surface area contributed by atoms with Crippen molar-refractivity contribution >= 4 is 17.3 Å². The lowest BCUT2D eigenvalue weighted by Crippen LogP contribution is -2.22. The average molecular weight is 293 g/mol. The molecule has 0 saturated heterocycles. The molecule has 0 bridgehead atoms. The molecule has 4 heteroatoms. The standard InChI is InChI=1S/C16H18ClFN2/c1-11(13-5-3-4-6-14(13)17)20(2)10-12-7-8-16(19)15(18)9-12/h3-9,11H,10,19H2,1-2H3. The summed E-state index contributed by atoms with van der Waals surface area (Å²) in [7, 11) is 1.99. The molecule has 2 nitrogen and oxygen atoms in total. The van der Waals surface area contributed by atoms with E-state index in [2.05, 4.69) is 11.8 Å². The Morgan fingerprint density at radius 2 is 1.95 bits per heavy atom. The minimum absolute atomic E-state index is 0.143. The van der Waals surface area contributed by atoms with Crippen LogP contribution in [0, 0.1) is 5.82 Å². The van der Waals surface area contributed by atoms with Crippen molar-refractivity contribution in [1.29, 1.82) is 0 Å². The zero-order valence-electron chi connectivity index (χ0n) is 11.6. The normalized spacial score (nSPS) is 12.7. The number of hydrogen-bond donors (Lipinski definition) is 1. The molecule has 1 atom stereocenters. The Morgan fingerprint density at radius 1 is 1.25 bits per heavy atom. The second-order valence-electron chi connectivity index (χ2n) is 4.97. The minimum atomic E-state index is -0.374. The van der Waals surface area contributed by atoms with Crippen molar-refractivity contribution in [3.63, 3.8) is 0 Å². The van der Waals surface area contributed by atoms with Crippen molar-refractivity contribution in [2.45, 2.75) is 19.5 Å². The first-order valence-electron chi connectivity index (χ1n) is 6.47. The van der Waals surface area contributed by atoms with Gasteiger partial charge in [0.15, 0.2) is 0 Å². The molecule has 0 saturated carbocycles. The largest absolute Gasteiger partial charge is 0.396 e. The van der Waals surface area contributed by atoms with Crippen LogP contribution in [0.3, 0.4) is 0 Å². The lowest BCUT2D eigenvalue weighted by atomic mass is 10.1. The zero-order valence-corrected chi connectivity index (χ0v) is 12.4. The molecule has 0 heterocycles. The summed E-state index contributed by atoms with van der Waals surface area (Å²) in [6.07, 6.45) is 0. The van der Waals surface area contributed by atoms with Crippen molar-refractivity contribution in [3.8, 4) is 0 Å². The number of rotatable bonds is 4. The Kier molecular flexibility index (Phi) is 4.63. The van der Waals surface area contributed by atoms with Crippen LogP contribution in [0.4, 0.5) is 10.1 Å². The smallest absolute Gasteiger partial charge is 0.146 e. The number of nitrogens with zero attached hydrogens (tertiary/aromatic N) is 1. The Balaban J connectivity index is 2.13. The van der Waals surface area contributed by atoms with Gasteiger partial charge in [0.1, 0.15) is 5.82 Å². The highest BCUT2D eigenvalue weighted by molar-refractivity contribution is 6.31. The molecule has 2 rings (SSSR count). The molecule has 0 aliphatic heterocycles. The van der Waals surface area contributed by atoms with Gasteiger partial charge in [0.05, 0.1) is 5.69 Å². The summed E-state index contributed by atoms with van der Waals surface area (Å²) in [6, 6.07) is 12.8. The van der Waals surface area contributed by atoms with Crippen LogP contribution >= 0.6 is 11.6 Å². The van der Waals surface area contributed by atoms with Gasteiger partial charge in [0.25, 0.3) is 0 Å². The molecule has 0 aliphatic carbocycles. The third kappa shape index (κ3) is 3.30. The highest BCUT2D eigenvalue weighted by Crippen LogP contribution is 2.27. The molecule has 0 amide bonds. The second kappa shape index (κ2) is 6.25. The van der Waals surface area contributed by atoms with E-state index in [9.17, 15) is 4.39 Å². The maximum atomic E-state index is 13.5. The van der Waals surface area contributed by atoms with Crippen molar-refractivity contribution < 1.29 is 4.39 Å². The first-order chi connectivity index (χ1) is 9.49. The summed E-state index contributed by atoms with van der Waals surface area (Å²) in [5.41, 5.74) is 7.61. The first-order valence-corrected chi connectivity index (χ1v) is 6.85. The quantitative estimate of drug-likeness (QED) is 0.854. The van der Waals surface area contributed by atoms with Crippen LogP contribution in [-0.2, 0) is 6.54 Å². The van der Waals surface area contributed by atoms with E-state index in [1.54, 1.807) is 6.07 Å². The van der Waals surface area contributed by atoms with E-state index in [4.69, 9.17) is 17.3 Å². The van der Waals surface area contributed by atoms with Crippen LogP contribution in [-0.4, -0.2) is 11.9 Å². The fraction of sp³-hybridized carbons (Fsp3) is 0.250. The first kappa shape index (κ1) is 14.8. The maximum absolute atomic E-state index is 13.5. The molecule has 0 aromatic heterocycles. The van der Waals surface area contributed by atoms with Gasteiger partial charge in [-0.05, 0) is 43.3 Å². The molecule has 106 valence electrons. The fourth-order valence-corrected chi connectivity index (χ4v) is 2.44. The highest BCUT2D eigenvalue weighted by atomic mass is 35.5. The van der Waals surface area contributed by atoms with E-state index in [1.165, 1.54) is 6.07 Å². The molecule has 2 aromatic carbocycles. The van der Waals surface area contributed by atoms with Gasteiger partial charge in [-0.25, -0.2) is 4.39 Å². The number of halogens is 2. The van der Waals surface area contributed by atoms with E-state index in [0.29, 0.717) is 6.54 Å². The van der Waals surface area contributed by atoms with Crippen LogP contribution in [0.25, 0.3) is 0 Å². The van der Waals surface area contributed by atoms with E-state index < -0.39 is 0 Å². The number of hydrogen-bond acceptors (Lipinski definition) is 2. The van der Waals surface area contributed by atoms with Gasteiger partial charge < -0.3 is 5.73 Å². The topological polar surface area (TPSA) is 29.3 Å². The van der Waals surface area contributed by atoms with E-state index >= 15 is 0 Å². The van der Waals surface area contributed by atoms with Gasteiger partial charge in [-0.3, -0.25) is 4.90 Å². The summed E-state index contributed by atoms with van der Waals surface area (Å²) in [6.45, 7) is 2.71. The Hall–Kier alpha value is -1.58. The number of benzene rings is 2. The molecule has 20 heavy (non-hydrogen) atoms. The summed E-state index contributed by atoms with van der Waals surface area (Å²) < 4.78 is 13.5. The predicted octanol–water partition coefficient (Wildman–Crippen LogP) is 4.25. The van der Waals surface area contributed by atoms with Crippen molar-refractivity contribution in [3.05, 3.63) is 64.4 Å². The number of nitrogen functional groups attached to an aromatic ring is 1. The molecule has 0 spiro atoms. The van der Waals surface area contributed by atoms with Gasteiger partial charge in [-0.15, -0.1) is 0 Å². The van der Waals surface area contributed by atoms with Gasteiger partial charge >= 0.3 is 0 Å². The average Bonchev–Trinajstić information content (AvgIpc) is 2.42. The maximum Gasteiger partial charge on any atom is 0.146 e. The summed E-state index contributed by atoms with van der Waals surface area (Å²) in [5, 5.41) is 0.746. The molecular weight excluding hydrogens is 275 g/mol. The Bertz CT molecular complexity index is 601. The number of anilines is 1. The van der Waals surface area contributed by atoms with Gasteiger partial charge in [-0.2, -0.15) is 0 Å². The van der Waals surface area contributed by atoms with Crippen molar-refractivity contribution in [2.24, 2.45) is 0 Å². The van der Waals surface area contributed by atoms with Crippen LogP contribution < -0.4 is 5.73 Å². The van der Waals surface area contributed by atoms with Gasteiger partial charge in [0, 0.05) is 17.6 Å². The van der Waals surface area contributed by atoms with Crippen LogP contribution in [0.15, 0.2) is 42.5 Å². The fourth-order valence-electron chi connectivity index (χ4n) is 2.15. The highest BCUT2D eigenvalue weighted by Gasteiger charge is 2.15.